The van der Waals surface area contributed by atoms with Crippen molar-refractivity contribution in [2.75, 3.05) is 25.0 Å². The number of hydrogen-bond donors (Lipinski definition) is 1. The summed E-state index contributed by atoms with van der Waals surface area (Å²) in [6.45, 7) is 2.66. The Hall–Kier alpha value is -2.44. The molecule has 3 heterocycles. The number of carbonyl (C=O) groups excluding carboxylic acids is 1. The maximum atomic E-state index is 12.2. The Labute approximate surface area is 163 Å². The van der Waals surface area contributed by atoms with E-state index in [4.69, 9.17) is 11.6 Å². The van der Waals surface area contributed by atoms with Gasteiger partial charge in [-0.05, 0) is 55.8 Å². The molecular weight excluding hydrogens is 362 g/mol. The molecule has 1 fully saturated rings. The third-order valence-corrected chi connectivity index (χ3v) is 5.25. The first-order valence-corrected chi connectivity index (χ1v) is 9.64. The number of fused-ring (bicyclic) bond motifs is 1. The summed E-state index contributed by atoms with van der Waals surface area (Å²) in [6, 6.07) is 13.1. The molecule has 27 heavy (non-hydrogen) atoms. The first-order valence-electron chi connectivity index (χ1n) is 9.26. The molecule has 0 saturated carbocycles. The summed E-state index contributed by atoms with van der Waals surface area (Å²) >= 11 is 5.87. The number of benzene rings is 1. The first kappa shape index (κ1) is 17.9. The molecule has 6 nitrogen and oxygen atoms in total. The summed E-state index contributed by atoms with van der Waals surface area (Å²) in [6.07, 6.45) is 4.69. The van der Waals surface area contributed by atoms with Gasteiger partial charge in [0.2, 0.25) is 5.91 Å². The Morgan fingerprint density at radius 1 is 1.19 bits per heavy atom. The Balaban J connectivity index is 1.33. The molecule has 1 aliphatic heterocycles. The van der Waals surface area contributed by atoms with Gasteiger partial charge in [-0.3, -0.25) is 9.20 Å². The summed E-state index contributed by atoms with van der Waals surface area (Å²) in [4.78, 5) is 14.6. The quantitative estimate of drug-likeness (QED) is 0.731. The fourth-order valence-corrected chi connectivity index (χ4v) is 3.75. The van der Waals surface area contributed by atoms with Gasteiger partial charge in [0.15, 0.2) is 5.65 Å². The summed E-state index contributed by atoms with van der Waals surface area (Å²) < 4.78 is 2.07. The fraction of sp³-hybridized carbons (Fsp3) is 0.350. The second-order valence-corrected chi connectivity index (χ2v) is 7.37. The zero-order valence-electron chi connectivity index (χ0n) is 15.0. The van der Waals surface area contributed by atoms with Crippen LogP contribution in [-0.2, 0) is 4.79 Å². The largest absolute Gasteiger partial charge is 0.326 e. The molecule has 1 unspecified atom stereocenters. The lowest BCUT2D eigenvalue weighted by Gasteiger charge is -2.31. The predicted molar refractivity (Wildman–Crippen MR) is 106 cm³/mol. The molecule has 7 heteroatoms. The van der Waals surface area contributed by atoms with E-state index in [1.54, 1.807) is 12.1 Å². The highest BCUT2D eigenvalue weighted by atomic mass is 35.5. The summed E-state index contributed by atoms with van der Waals surface area (Å²) in [5.41, 5.74) is 1.66. The van der Waals surface area contributed by atoms with Gasteiger partial charge in [-0.15, -0.1) is 10.2 Å². The van der Waals surface area contributed by atoms with Crippen LogP contribution in [0.25, 0.3) is 5.65 Å². The van der Waals surface area contributed by atoms with Crippen LogP contribution in [0.3, 0.4) is 0 Å². The monoisotopic (exact) mass is 383 g/mol. The van der Waals surface area contributed by atoms with Gasteiger partial charge in [-0.25, -0.2) is 0 Å². The SMILES string of the molecule is O=C(CCN1CCCC(c2nnc3ccccn23)C1)Nc1ccc(Cl)cc1. The molecule has 1 saturated heterocycles. The maximum Gasteiger partial charge on any atom is 0.225 e. The van der Waals surface area contributed by atoms with Crippen LogP contribution in [0.1, 0.15) is 31.0 Å². The lowest BCUT2D eigenvalue weighted by molar-refractivity contribution is -0.116. The van der Waals surface area contributed by atoms with Crippen molar-refractivity contribution in [1.82, 2.24) is 19.5 Å². The Morgan fingerprint density at radius 2 is 2.04 bits per heavy atom. The molecule has 140 valence electrons. The standard InChI is InChI=1S/C20H22ClN5O/c21-16-6-8-17(9-7-16)22-19(27)10-13-25-11-3-4-15(14-25)20-24-23-18-5-1-2-12-26(18)20/h1-2,5-9,12,15H,3-4,10-11,13-14H2,(H,22,27). The molecule has 3 aromatic rings. The van der Waals surface area contributed by atoms with Gasteiger partial charge >= 0.3 is 0 Å². The third-order valence-electron chi connectivity index (χ3n) is 4.99. The molecule has 1 aliphatic rings. The first-order chi connectivity index (χ1) is 13.2. The summed E-state index contributed by atoms with van der Waals surface area (Å²) in [7, 11) is 0. The lowest BCUT2D eigenvalue weighted by Crippen LogP contribution is -2.37. The molecule has 0 bridgehead atoms. The van der Waals surface area contributed by atoms with Gasteiger partial charge in [-0.2, -0.15) is 0 Å². The summed E-state index contributed by atoms with van der Waals surface area (Å²) in [5.74, 6) is 1.38. The molecule has 2 aromatic heterocycles. The van der Waals surface area contributed by atoms with Gasteiger partial charge < -0.3 is 10.2 Å². The Bertz CT molecular complexity index is 924. The van der Waals surface area contributed by atoms with E-state index in [1.165, 1.54) is 0 Å². The van der Waals surface area contributed by atoms with E-state index in [0.717, 1.165) is 49.6 Å². The van der Waals surface area contributed by atoms with E-state index in [1.807, 2.05) is 36.5 Å². The average molecular weight is 384 g/mol. The van der Waals surface area contributed by atoms with Crippen molar-refractivity contribution >= 4 is 28.8 Å². The minimum atomic E-state index is 0.0207. The molecule has 1 N–H and O–H groups in total. The normalized spacial score (nSPS) is 17.9. The number of likely N-dealkylation sites (tertiary alicyclic amines) is 1. The van der Waals surface area contributed by atoms with Crippen molar-refractivity contribution < 1.29 is 4.79 Å². The third kappa shape index (κ3) is 4.28. The second-order valence-electron chi connectivity index (χ2n) is 6.93. The zero-order chi connectivity index (χ0) is 18.6. The van der Waals surface area contributed by atoms with Crippen LogP contribution < -0.4 is 5.32 Å². The lowest BCUT2D eigenvalue weighted by atomic mass is 9.97. The molecule has 4 rings (SSSR count). The fourth-order valence-electron chi connectivity index (χ4n) is 3.62. The highest BCUT2D eigenvalue weighted by Crippen LogP contribution is 2.26. The number of hydrogen-bond acceptors (Lipinski definition) is 4. The van der Waals surface area contributed by atoms with Crippen LogP contribution in [0.15, 0.2) is 48.7 Å². The van der Waals surface area contributed by atoms with Crippen molar-refractivity contribution in [2.45, 2.75) is 25.2 Å². The average Bonchev–Trinajstić information content (AvgIpc) is 3.13. The number of nitrogens with one attached hydrogen (secondary N) is 1. The number of piperidine rings is 1. The van der Waals surface area contributed by atoms with Gasteiger partial charge in [0.05, 0.1) is 0 Å². The number of pyridine rings is 1. The van der Waals surface area contributed by atoms with Crippen molar-refractivity contribution in [3.63, 3.8) is 0 Å². The van der Waals surface area contributed by atoms with Crippen LogP contribution >= 0.6 is 11.6 Å². The zero-order valence-corrected chi connectivity index (χ0v) is 15.8. The van der Waals surface area contributed by atoms with Crippen LogP contribution in [0.5, 0.6) is 0 Å². The summed E-state index contributed by atoms with van der Waals surface area (Å²) in [5, 5.41) is 12.3. The number of nitrogens with zero attached hydrogens (tertiary/aromatic N) is 4. The van der Waals surface area contributed by atoms with Crippen LogP contribution in [0.2, 0.25) is 5.02 Å². The number of carbonyl (C=O) groups is 1. The number of rotatable bonds is 5. The molecular formula is C20H22ClN5O. The highest BCUT2D eigenvalue weighted by molar-refractivity contribution is 6.30. The molecule has 1 atom stereocenters. The van der Waals surface area contributed by atoms with Gasteiger partial charge in [0.25, 0.3) is 0 Å². The van der Waals surface area contributed by atoms with Gasteiger partial charge in [0, 0.05) is 42.3 Å². The predicted octanol–water partition coefficient (Wildman–Crippen LogP) is 3.59. The van der Waals surface area contributed by atoms with E-state index < -0.39 is 0 Å². The highest BCUT2D eigenvalue weighted by Gasteiger charge is 2.25. The van der Waals surface area contributed by atoms with E-state index in [-0.39, 0.29) is 5.91 Å². The number of amides is 1. The molecule has 0 spiro atoms. The van der Waals surface area contributed by atoms with Crippen molar-refractivity contribution in [2.24, 2.45) is 0 Å². The number of anilines is 1. The molecule has 1 amide bonds. The molecule has 1 aromatic carbocycles. The molecule has 0 radical (unpaired) electrons. The second kappa shape index (κ2) is 8.06. The minimum Gasteiger partial charge on any atom is -0.326 e. The maximum absolute atomic E-state index is 12.2. The van der Waals surface area contributed by atoms with Crippen molar-refractivity contribution in [1.29, 1.82) is 0 Å². The van der Waals surface area contributed by atoms with Crippen molar-refractivity contribution in [3.8, 4) is 0 Å². The number of halogens is 1. The topological polar surface area (TPSA) is 62.5 Å². The van der Waals surface area contributed by atoms with E-state index in [2.05, 4.69) is 24.8 Å². The van der Waals surface area contributed by atoms with E-state index in [0.29, 0.717) is 17.4 Å². The van der Waals surface area contributed by atoms with Crippen LogP contribution in [-0.4, -0.2) is 45.0 Å². The Morgan fingerprint density at radius 3 is 2.89 bits per heavy atom. The van der Waals surface area contributed by atoms with Crippen molar-refractivity contribution in [3.05, 3.63) is 59.5 Å². The van der Waals surface area contributed by atoms with Gasteiger partial charge in [-0.1, -0.05) is 17.7 Å². The van der Waals surface area contributed by atoms with Crippen LogP contribution in [0.4, 0.5) is 5.69 Å². The number of aromatic nitrogens is 3. The van der Waals surface area contributed by atoms with Gasteiger partial charge in [0.1, 0.15) is 5.82 Å². The molecule has 0 aliphatic carbocycles. The van der Waals surface area contributed by atoms with Crippen LogP contribution in [0, 0.1) is 0 Å². The smallest absolute Gasteiger partial charge is 0.225 e. The van der Waals surface area contributed by atoms with E-state index in [9.17, 15) is 4.79 Å². The Kier molecular flexibility index (Phi) is 5.36. The minimum absolute atomic E-state index is 0.0207. The van der Waals surface area contributed by atoms with E-state index >= 15 is 0 Å².